The van der Waals surface area contributed by atoms with Crippen LogP contribution in [0, 0.1) is 6.92 Å². The Morgan fingerprint density at radius 2 is 1.59 bits per heavy atom. The highest BCUT2D eigenvalue weighted by Crippen LogP contribution is 2.17. The van der Waals surface area contributed by atoms with E-state index in [-0.39, 0.29) is 18.2 Å². The Hall–Kier alpha value is -2.38. The largest absolute Gasteiger partial charge is 0.369 e. The van der Waals surface area contributed by atoms with Gasteiger partial charge in [-0.25, -0.2) is 8.42 Å². The minimum absolute atomic E-state index is 0.0874. The Labute approximate surface area is 160 Å². The van der Waals surface area contributed by atoms with Crippen molar-refractivity contribution in [3.8, 4) is 0 Å². The van der Waals surface area contributed by atoms with Crippen LogP contribution in [-0.2, 0) is 10.0 Å². The van der Waals surface area contributed by atoms with Crippen LogP contribution in [-0.4, -0.2) is 57.1 Å². The van der Waals surface area contributed by atoms with Crippen molar-refractivity contribution in [1.29, 1.82) is 0 Å². The highest BCUT2D eigenvalue weighted by molar-refractivity contribution is 7.89. The third-order valence-corrected chi connectivity index (χ3v) is 6.58. The van der Waals surface area contributed by atoms with E-state index in [1.807, 2.05) is 49.4 Å². The predicted molar refractivity (Wildman–Crippen MR) is 108 cm³/mol. The van der Waals surface area contributed by atoms with Gasteiger partial charge in [0.1, 0.15) is 0 Å². The average molecular weight is 388 g/mol. The molecule has 6 nitrogen and oxygen atoms in total. The SMILES string of the molecule is Cc1ccc(C(=O)NCCS(=O)(=O)N2CCN(c3ccccc3)CC2)cc1. The molecular formula is C20H25N3O3S. The van der Waals surface area contributed by atoms with Gasteiger partial charge in [0, 0.05) is 44.0 Å². The molecule has 1 aliphatic rings. The molecule has 2 aromatic carbocycles. The molecule has 0 radical (unpaired) electrons. The third kappa shape index (κ3) is 5.08. The lowest BCUT2D eigenvalue weighted by Crippen LogP contribution is -2.50. The number of nitrogens with zero attached hydrogens (tertiary/aromatic N) is 2. The smallest absolute Gasteiger partial charge is 0.251 e. The number of hydrogen-bond acceptors (Lipinski definition) is 4. The molecule has 1 saturated heterocycles. The number of rotatable bonds is 6. The number of anilines is 1. The van der Waals surface area contributed by atoms with Gasteiger partial charge in [0.25, 0.3) is 5.91 Å². The molecule has 1 fully saturated rings. The maximum Gasteiger partial charge on any atom is 0.251 e. The van der Waals surface area contributed by atoms with E-state index in [1.165, 1.54) is 4.31 Å². The van der Waals surface area contributed by atoms with Crippen LogP contribution in [0.25, 0.3) is 0 Å². The zero-order valence-corrected chi connectivity index (χ0v) is 16.3. The van der Waals surface area contributed by atoms with Gasteiger partial charge in [0.05, 0.1) is 5.75 Å². The molecule has 3 rings (SSSR count). The van der Waals surface area contributed by atoms with Crippen LogP contribution in [0.15, 0.2) is 54.6 Å². The number of benzene rings is 2. The second-order valence-corrected chi connectivity index (χ2v) is 8.75. The first-order valence-electron chi connectivity index (χ1n) is 9.08. The van der Waals surface area contributed by atoms with Crippen molar-refractivity contribution in [3.63, 3.8) is 0 Å². The lowest BCUT2D eigenvalue weighted by atomic mass is 10.1. The summed E-state index contributed by atoms with van der Waals surface area (Å²) >= 11 is 0. The average Bonchev–Trinajstić information content (AvgIpc) is 2.69. The molecule has 7 heteroatoms. The number of carbonyl (C=O) groups excluding carboxylic acids is 1. The maximum absolute atomic E-state index is 12.5. The normalized spacial score (nSPS) is 15.5. The van der Waals surface area contributed by atoms with Crippen LogP contribution < -0.4 is 10.2 Å². The number of carbonyl (C=O) groups is 1. The number of nitrogens with one attached hydrogen (secondary N) is 1. The number of sulfonamides is 1. The highest BCUT2D eigenvalue weighted by Gasteiger charge is 2.26. The van der Waals surface area contributed by atoms with E-state index in [9.17, 15) is 13.2 Å². The molecule has 0 aromatic heterocycles. The van der Waals surface area contributed by atoms with Gasteiger partial charge in [-0.05, 0) is 31.2 Å². The van der Waals surface area contributed by atoms with E-state index in [2.05, 4.69) is 10.2 Å². The Morgan fingerprint density at radius 1 is 0.963 bits per heavy atom. The third-order valence-electron chi connectivity index (χ3n) is 4.71. The minimum Gasteiger partial charge on any atom is -0.369 e. The summed E-state index contributed by atoms with van der Waals surface area (Å²) in [5.41, 5.74) is 2.72. The van der Waals surface area contributed by atoms with Crippen molar-refractivity contribution in [2.45, 2.75) is 6.92 Å². The fourth-order valence-corrected chi connectivity index (χ4v) is 4.43. The van der Waals surface area contributed by atoms with E-state index in [4.69, 9.17) is 0 Å². The number of aryl methyl sites for hydroxylation is 1. The Kier molecular flexibility index (Phi) is 6.13. The van der Waals surface area contributed by atoms with Gasteiger partial charge in [-0.3, -0.25) is 4.79 Å². The van der Waals surface area contributed by atoms with Crippen LogP contribution in [0.4, 0.5) is 5.69 Å². The first kappa shape index (κ1) is 19.4. The summed E-state index contributed by atoms with van der Waals surface area (Å²) in [5, 5.41) is 2.69. The lowest BCUT2D eigenvalue weighted by Gasteiger charge is -2.35. The number of piperazine rings is 1. The van der Waals surface area contributed by atoms with Crippen molar-refractivity contribution in [2.75, 3.05) is 43.4 Å². The van der Waals surface area contributed by atoms with Gasteiger partial charge in [-0.1, -0.05) is 35.9 Å². The first-order chi connectivity index (χ1) is 13.0. The number of amides is 1. The van der Waals surface area contributed by atoms with Gasteiger partial charge < -0.3 is 10.2 Å². The summed E-state index contributed by atoms with van der Waals surface area (Å²) in [6.07, 6.45) is 0. The van der Waals surface area contributed by atoms with Crippen LogP contribution >= 0.6 is 0 Å². The van der Waals surface area contributed by atoms with Gasteiger partial charge in [0.15, 0.2) is 0 Å². The molecule has 0 aliphatic carbocycles. The molecule has 27 heavy (non-hydrogen) atoms. The van der Waals surface area contributed by atoms with E-state index in [0.29, 0.717) is 31.7 Å². The summed E-state index contributed by atoms with van der Waals surface area (Å²) in [6, 6.07) is 17.2. The molecule has 144 valence electrons. The molecule has 1 aliphatic heterocycles. The highest BCUT2D eigenvalue weighted by atomic mass is 32.2. The molecule has 0 bridgehead atoms. The van der Waals surface area contributed by atoms with Gasteiger partial charge >= 0.3 is 0 Å². The molecule has 0 atom stereocenters. The quantitative estimate of drug-likeness (QED) is 0.822. The van der Waals surface area contributed by atoms with Crippen molar-refractivity contribution in [3.05, 3.63) is 65.7 Å². The molecule has 1 N–H and O–H groups in total. The zero-order chi connectivity index (χ0) is 19.3. The van der Waals surface area contributed by atoms with Crippen molar-refractivity contribution in [1.82, 2.24) is 9.62 Å². The van der Waals surface area contributed by atoms with Gasteiger partial charge in [-0.2, -0.15) is 4.31 Å². The van der Waals surface area contributed by atoms with Crippen LogP contribution in [0.3, 0.4) is 0 Å². The lowest BCUT2D eigenvalue weighted by molar-refractivity contribution is 0.0956. The van der Waals surface area contributed by atoms with Crippen LogP contribution in [0.5, 0.6) is 0 Å². The Morgan fingerprint density at radius 3 is 2.22 bits per heavy atom. The van der Waals surface area contributed by atoms with Gasteiger partial charge in [-0.15, -0.1) is 0 Å². The van der Waals surface area contributed by atoms with E-state index in [0.717, 1.165) is 11.3 Å². The van der Waals surface area contributed by atoms with Crippen molar-refractivity contribution < 1.29 is 13.2 Å². The van der Waals surface area contributed by atoms with Crippen molar-refractivity contribution in [2.24, 2.45) is 0 Å². The van der Waals surface area contributed by atoms with E-state index in [1.54, 1.807) is 12.1 Å². The second kappa shape index (κ2) is 8.54. The topological polar surface area (TPSA) is 69.7 Å². The van der Waals surface area contributed by atoms with Crippen LogP contribution in [0.1, 0.15) is 15.9 Å². The van der Waals surface area contributed by atoms with Gasteiger partial charge in [0.2, 0.25) is 10.0 Å². The first-order valence-corrected chi connectivity index (χ1v) is 10.7. The molecule has 1 heterocycles. The summed E-state index contributed by atoms with van der Waals surface area (Å²) in [5.74, 6) is -0.338. The monoisotopic (exact) mass is 387 g/mol. The minimum atomic E-state index is -3.38. The molecule has 2 aromatic rings. The second-order valence-electron chi connectivity index (χ2n) is 6.66. The van der Waals surface area contributed by atoms with E-state index >= 15 is 0 Å². The van der Waals surface area contributed by atoms with Crippen LogP contribution in [0.2, 0.25) is 0 Å². The Bertz CT molecular complexity index is 859. The fraction of sp³-hybridized carbons (Fsp3) is 0.350. The molecule has 0 saturated carbocycles. The molecule has 0 unspecified atom stereocenters. The fourth-order valence-electron chi connectivity index (χ4n) is 3.09. The standard InChI is InChI=1S/C20H25N3O3S/c1-17-7-9-18(10-8-17)20(24)21-11-16-27(25,26)23-14-12-22(13-15-23)19-5-3-2-4-6-19/h2-10H,11-16H2,1H3,(H,21,24). The predicted octanol–water partition coefficient (Wildman–Crippen LogP) is 1.88. The Balaban J connectivity index is 1.47. The summed E-state index contributed by atoms with van der Waals surface area (Å²) in [6.45, 7) is 4.31. The molecule has 1 amide bonds. The number of para-hydroxylation sites is 1. The summed E-state index contributed by atoms with van der Waals surface area (Å²) in [4.78, 5) is 14.3. The van der Waals surface area contributed by atoms with Crippen molar-refractivity contribution >= 4 is 21.6 Å². The summed E-state index contributed by atoms with van der Waals surface area (Å²) in [7, 11) is -3.38. The zero-order valence-electron chi connectivity index (χ0n) is 15.5. The molecule has 0 spiro atoms. The summed E-state index contributed by atoms with van der Waals surface area (Å²) < 4.78 is 26.6. The van der Waals surface area contributed by atoms with E-state index < -0.39 is 10.0 Å². The number of hydrogen-bond donors (Lipinski definition) is 1. The maximum atomic E-state index is 12.5. The molecular weight excluding hydrogens is 362 g/mol.